The Labute approximate surface area is 133 Å². The van der Waals surface area contributed by atoms with Crippen LogP contribution in [0.1, 0.15) is 11.1 Å². The smallest absolute Gasteiger partial charge is 0.257 e. The highest BCUT2D eigenvalue weighted by Crippen LogP contribution is 2.31. The monoisotopic (exact) mass is 312 g/mol. The molecule has 0 bridgehead atoms. The van der Waals surface area contributed by atoms with Gasteiger partial charge in [-0.3, -0.25) is 4.79 Å². The van der Waals surface area contributed by atoms with E-state index in [1.54, 1.807) is 30.5 Å². The quantitative estimate of drug-likeness (QED) is 0.724. The average molecular weight is 312 g/mol. The van der Waals surface area contributed by atoms with Gasteiger partial charge in [0.25, 0.3) is 5.91 Å². The maximum atomic E-state index is 12.0. The van der Waals surface area contributed by atoms with E-state index in [0.717, 1.165) is 11.1 Å². The molecule has 0 fully saturated rings. The van der Waals surface area contributed by atoms with Crippen molar-refractivity contribution in [2.45, 2.75) is 6.10 Å². The Morgan fingerprint density at radius 3 is 2.78 bits per heavy atom. The van der Waals surface area contributed by atoms with Gasteiger partial charge in [-0.2, -0.15) is 0 Å². The molecule has 0 saturated carbocycles. The SMILES string of the molecule is O=C1Nc2ncccc2C1=Cc1ccc(OCC(O)CO)cc1. The second kappa shape index (κ2) is 6.60. The van der Waals surface area contributed by atoms with Crippen LogP contribution in [0, 0.1) is 0 Å². The van der Waals surface area contributed by atoms with Gasteiger partial charge in [0.2, 0.25) is 0 Å². The first-order valence-electron chi connectivity index (χ1n) is 7.17. The van der Waals surface area contributed by atoms with Crippen LogP contribution < -0.4 is 10.1 Å². The lowest BCUT2D eigenvalue weighted by atomic mass is 10.1. The second-order valence-electron chi connectivity index (χ2n) is 5.13. The Morgan fingerprint density at radius 2 is 2.04 bits per heavy atom. The van der Waals surface area contributed by atoms with E-state index in [1.807, 2.05) is 18.2 Å². The van der Waals surface area contributed by atoms with Gasteiger partial charge in [0.1, 0.15) is 24.3 Å². The van der Waals surface area contributed by atoms with E-state index >= 15 is 0 Å². The molecule has 118 valence electrons. The van der Waals surface area contributed by atoms with Gasteiger partial charge in [-0.1, -0.05) is 12.1 Å². The van der Waals surface area contributed by atoms with E-state index in [-0.39, 0.29) is 19.1 Å². The number of aromatic nitrogens is 1. The predicted octanol–water partition coefficient (Wildman–Crippen LogP) is 1.31. The van der Waals surface area contributed by atoms with Gasteiger partial charge in [-0.25, -0.2) is 4.98 Å². The summed E-state index contributed by atoms with van der Waals surface area (Å²) in [5, 5.41) is 20.7. The zero-order valence-electron chi connectivity index (χ0n) is 12.3. The van der Waals surface area contributed by atoms with E-state index in [9.17, 15) is 9.90 Å². The Morgan fingerprint density at radius 1 is 1.26 bits per heavy atom. The molecule has 23 heavy (non-hydrogen) atoms. The zero-order valence-corrected chi connectivity index (χ0v) is 12.3. The van der Waals surface area contributed by atoms with Crippen LogP contribution in [-0.4, -0.2) is 40.4 Å². The molecule has 1 aliphatic heterocycles. The van der Waals surface area contributed by atoms with Crippen molar-refractivity contribution < 1.29 is 19.7 Å². The summed E-state index contributed by atoms with van der Waals surface area (Å²) in [5.74, 6) is 0.976. The molecule has 0 radical (unpaired) electrons. The minimum atomic E-state index is -0.900. The number of amides is 1. The first kappa shape index (κ1) is 15.2. The van der Waals surface area contributed by atoms with Crippen molar-refractivity contribution >= 4 is 23.4 Å². The summed E-state index contributed by atoms with van der Waals surface area (Å²) in [6.45, 7) is -0.314. The maximum Gasteiger partial charge on any atom is 0.257 e. The van der Waals surface area contributed by atoms with Crippen LogP contribution in [0.15, 0.2) is 42.6 Å². The first-order valence-corrected chi connectivity index (χ1v) is 7.17. The maximum absolute atomic E-state index is 12.0. The highest BCUT2D eigenvalue weighted by atomic mass is 16.5. The van der Waals surface area contributed by atoms with Gasteiger partial charge in [-0.05, 0) is 35.9 Å². The van der Waals surface area contributed by atoms with Crippen LogP contribution in [0.2, 0.25) is 0 Å². The Kier molecular flexibility index (Phi) is 4.36. The third-order valence-corrected chi connectivity index (χ3v) is 3.42. The lowest BCUT2D eigenvalue weighted by Gasteiger charge is -2.09. The Bertz CT molecular complexity index is 741. The fraction of sp³-hybridized carbons (Fsp3) is 0.176. The zero-order chi connectivity index (χ0) is 16.2. The molecule has 2 aromatic rings. The molecule has 6 heteroatoms. The van der Waals surface area contributed by atoms with Crippen LogP contribution in [0.4, 0.5) is 5.82 Å². The number of aliphatic hydroxyl groups is 2. The molecular weight excluding hydrogens is 296 g/mol. The molecule has 3 N–H and O–H groups in total. The van der Waals surface area contributed by atoms with Crippen LogP contribution in [0.3, 0.4) is 0 Å². The van der Waals surface area contributed by atoms with E-state index in [0.29, 0.717) is 17.1 Å². The number of rotatable bonds is 5. The highest BCUT2D eigenvalue weighted by Gasteiger charge is 2.24. The normalized spacial score (nSPS) is 16.1. The number of hydrogen-bond donors (Lipinski definition) is 3. The number of hydrogen-bond acceptors (Lipinski definition) is 5. The fourth-order valence-corrected chi connectivity index (χ4v) is 2.23. The summed E-state index contributed by atoms with van der Waals surface area (Å²) in [6.07, 6.45) is 2.52. The summed E-state index contributed by atoms with van der Waals surface area (Å²) in [6, 6.07) is 10.8. The van der Waals surface area contributed by atoms with Crippen molar-refractivity contribution in [1.82, 2.24) is 4.98 Å². The molecule has 2 heterocycles. The summed E-state index contributed by atoms with van der Waals surface area (Å²) in [4.78, 5) is 16.1. The van der Waals surface area contributed by atoms with Crippen LogP contribution in [-0.2, 0) is 4.79 Å². The molecule has 1 unspecified atom stereocenters. The lowest BCUT2D eigenvalue weighted by molar-refractivity contribution is -0.110. The second-order valence-corrected chi connectivity index (χ2v) is 5.13. The molecule has 1 atom stereocenters. The van der Waals surface area contributed by atoms with Gasteiger partial charge in [-0.15, -0.1) is 0 Å². The molecule has 0 aliphatic carbocycles. The molecule has 1 aliphatic rings. The molecular formula is C17H16N2O4. The summed E-state index contributed by atoms with van der Waals surface area (Å²) < 4.78 is 5.34. The van der Waals surface area contributed by atoms with Gasteiger partial charge >= 0.3 is 0 Å². The molecule has 1 amide bonds. The topological polar surface area (TPSA) is 91.7 Å². The molecule has 1 aromatic heterocycles. The van der Waals surface area contributed by atoms with Gasteiger partial charge in [0.15, 0.2) is 0 Å². The number of carbonyl (C=O) groups excluding carboxylic acids is 1. The number of nitrogens with zero attached hydrogens (tertiary/aromatic N) is 1. The van der Waals surface area contributed by atoms with E-state index in [1.165, 1.54) is 0 Å². The van der Waals surface area contributed by atoms with Crippen molar-refractivity contribution in [3.63, 3.8) is 0 Å². The van der Waals surface area contributed by atoms with Gasteiger partial charge in [0, 0.05) is 11.8 Å². The van der Waals surface area contributed by atoms with Crippen LogP contribution >= 0.6 is 0 Å². The van der Waals surface area contributed by atoms with Crippen LogP contribution in [0.5, 0.6) is 5.75 Å². The van der Waals surface area contributed by atoms with Gasteiger partial charge < -0.3 is 20.3 Å². The minimum Gasteiger partial charge on any atom is -0.491 e. The molecule has 6 nitrogen and oxygen atoms in total. The first-order chi connectivity index (χ1) is 11.2. The third-order valence-electron chi connectivity index (χ3n) is 3.42. The average Bonchev–Trinajstić information content (AvgIpc) is 2.89. The molecule has 0 spiro atoms. The number of pyridine rings is 1. The molecule has 0 saturated heterocycles. The van der Waals surface area contributed by atoms with E-state index in [2.05, 4.69) is 10.3 Å². The van der Waals surface area contributed by atoms with Crippen molar-refractivity contribution in [2.75, 3.05) is 18.5 Å². The Balaban J connectivity index is 1.77. The van der Waals surface area contributed by atoms with E-state index < -0.39 is 6.10 Å². The predicted molar refractivity (Wildman–Crippen MR) is 85.8 cm³/mol. The fourth-order valence-electron chi connectivity index (χ4n) is 2.23. The standard InChI is InChI=1S/C17H16N2O4/c20-9-12(21)10-23-13-5-3-11(4-6-13)8-15-14-2-1-7-18-16(14)19-17(15)22/h1-8,12,20-21H,9-10H2,(H,18,19,22). The van der Waals surface area contributed by atoms with Crippen LogP contribution in [0.25, 0.3) is 11.6 Å². The Hall–Kier alpha value is -2.70. The summed E-state index contributed by atoms with van der Waals surface area (Å²) in [7, 11) is 0. The van der Waals surface area contributed by atoms with Crippen molar-refractivity contribution in [3.05, 3.63) is 53.7 Å². The summed E-state index contributed by atoms with van der Waals surface area (Å²) in [5.41, 5.74) is 2.20. The van der Waals surface area contributed by atoms with Crippen molar-refractivity contribution in [2.24, 2.45) is 0 Å². The van der Waals surface area contributed by atoms with Crippen molar-refractivity contribution in [1.29, 1.82) is 0 Å². The van der Waals surface area contributed by atoms with E-state index in [4.69, 9.17) is 9.84 Å². The largest absolute Gasteiger partial charge is 0.491 e. The number of carbonyl (C=O) groups is 1. The number of ether oxygens (including phenoxy) is 1. The number of nitrogens with one attached hydrogen (secondary N) is 1. The highest BCUT2D eigenvalue weighted by molar-refractivity contribution is 6.34. The number of benzene rings is 1. The molecule has 3 rings (SSSR count). The molecule has 1 aromatic carbocycles. The van der Waals surface area contributed by atoms with Crippen molar-refractivity contribution in [3.8, 4) is 5.75 Å². The summed E-state index contributed by atoms with van der Waals surface area (Å²) >= 11 is 0. The number of fused-ring (bicyclic) bond motifs is 1. The number of anilines is 1. The van der Waals surface area contributed by atoms with Gasteiger partial charge in [0.05, 0.1) is 12.2 Å². The minimum absolute atomic E-state index is 0.0262. The third kappa shape index (κ3) is 3.39. The number of aliphatic hydroxyl groups excluding tert-OH is 2. The lowest BCUT2D eigenvalue weighted by Crippen LogP contribution is -2.21.